The Balaban J connectivity index is 2.46. The van der Waals surface area contributed by atoms with E-state index in [-0.39, 0.29) is 6.61 Å². The highest BCUT2D eigenvalue weighted by atomic mass is 16.5. The van der Waals surface area contributed by atoms with E-state index in [4.69, 9.17) is 4.74 Å². The van der Waals surface area contributed by atoms with E-state index in [1.165, 1.54) is 14.0 Å². The molecule has 0 fully saturated rings. The second kappa shape index (κ2) is 9.42. The highest BCUT2D eigenvalue weighted by Crippen LogP contribution is 2.01. The normalized spacial score (nSPS) is 12.7. The van der Waals surface area contributed by atoms with Gasteiger partial charge in [-0.15, -0.1) is 0 Å². The monoisotopic (exact) mass is 324 g/mol. The maximum Gasteiger partial charge on any atom is 0.408 e. The van der Waals surface area contributed by atoms with Crippen LogP contribution in [0.1, 0.15) is 12.5 Å². The molecule has 0 spiro atoms. The van der Waals surface area contributed by atoms with Crippen LogP contribution in [-0.2, 0) is 25.7 Å². The fourth-order valence-electron chi connectivity index (χ4n) is 1.65. The molecule has 0 aliphatic heterocycles. The molecule has 8 nitrogen and oxygen atoms in total. The predicted molar refractivity (Wildman–Crippen MR) is 80.3 cm³/mol. The number of methoxy groups -OCH3 is 1. The van der Waals surface area contributed by atoms with Crippen LogP contribution >= 0.6 is 0 Å². The lowest BCUT2D eigenvalue weighted by atomic mass is 10.2. The minimum Gasteiger partial charge on any atom is -0.467 e. The number of benzene rings is 1. The Morgan fingerprint density at radius 1 is 1.17 bits per heavy atom. The average molecular weight is 324 g/mol. The number of nitrogens with one attached hydrogen (secondary N) is 2. The molecule has 3 N–H and O–H groups in total. The van der Waals surface area contributed by atoms with Crippen LogP contribution in [0.4, 0.5) is 4.79 Å². The fraction of sp³-hybridized carbons (Fsp3) is 0.400. The summed E-state index contributed by atoms with van der Waals surface area (Å²) in [5.41, 5.74) is 0.784. The molecular weight excluding hydrogens is 304 g/mol. The Kier molecular flexibility index (Phi) is 7.55. The minimum absolute atomic E-state index is 0.0327. The highest BCUT2D eigenvalue weighted by molar-refractivity contribution is 5.89. The van der Waals surface area contributed by atoms with E-state index in [9.17, 15) is 19.5 Å². The lowest BCUT2D eigenvalue weighted by Gasteiger charge is -2.18. The molecule has 0 bridgehead atoms. The molecule has 0 aromatic heterocycles. The molecule has 0 saturated heterocycles. The second-order valence-corrected chi connectivity index (χ2v) is 4.69. The van der Waals surface area contributed by atoms with Crippen LogP contribution in [-0.4, -0.2) is 48.9 Å². The number of hydrogen-bond donors (Lipinski definition) is 3. The van der Waals surface area contributed by atoms with Crippen molar-refractivity contribution in [3.05, 3.63) is 35.9 Å². The van der Waals surface area contributed by atoms with Gasteiger partial charge in [-0.2, -0.15) is 0 Å². The number of aliphatic hydroxyl groups excluding tert-OH is 1. The molecule has 2 atom stereocenters. The fourth-order valence-corrected chi connectivity index (χ4v) is 1.65. The number of esters is 1. The van der Waals surface area contributed by atoms with Crippen LogP contribution in [0.3, 0.4) is 0 Å². The number of alkyl carbamates (subject to hydrolysis) is 1. The van der Waals surface area contributed by atoms with Crippen molar-refractivity contribution in [2.45, 2.75) is 25.6 Å². The Morgan fingerprint density at radius 2 is 1.83 bits per heavy atom. The zero-order valence-corrected chi connectivity index (χ0v) is 12.9. The molecule has 126 valence electrons. The third-order valence-electron chi connectivity index (χ3n) is 2.92. The van der Waals surface area contributed by atoms with Gasteiger partial charge in [0.15, 0.2) is 0 Å². The molecule has 2 amide bonds. The summed E-state index contributed by atoms with van der Waals surface area (Å²) in [6.07, 6.45) is -0.853. The number of hydrogen-bond acceptors (Lipinski definition) is 6. The van der Waals surface area contributed by atoms with Crippen LogP contribution in [0.25, 0.3) is 0 Å². The van der Waals surface area contributed by atoms with Crippen molar-refractivity contribution in [3.63, 3.8) is 0 Å². The maximum atomic E-state index is 11.9. The van der Waals surface area contributed by atoms with Crippen LogP contribution in [0.5, 0.6) is 0 Å². The van der Waals surface area contributed by atoms with Crippen molar-refractivity contribution in [1.29, 1.82) is 0 Å². The summed E-state index contributed by atoms with van der Waals surface area (Å²) in [5, 5.41) is 13.7. The van der Waals surface area contributed by atoms with E-state index in [1.807, 2.05) is 6.07 Å². The molecule has 0 aliphatic rings. The van der Waals surface area contributed by atoms with Gasteiger partial charge in [-0.3, -0.25) is 4.79 Å². The van der Waals surface area contributed by atoms with Gasteiger partial charge in [-0.25, -0.2) is 9.59 Å². The van der Waals surface area contributed by atoms with Gasteiger partial charge in [0.2, 0.25) is 5.91 Å². The zero-order valence-electron chi connectivity index (χ0n) is 12.9. The molecule has 0 aliphatic carbocycles. The van der Waals surface area contributed by atoms with Gasteiger partial charge in [0, 0.05) is 0 Å². The number of ether oxygens (including phenoxy) is 2. The first-order chi connectivity index (χ1) is 11.0. The largest absolute Gasteiger partial charge is 0.467 e. The van der Waals surface area contributed by atoms with Crippen molar-refractivity contribution in [2.24, 2.45) is 0 Å². The van der Waals surface area contributed by atoms with Gasteiger partial charge in [-0.05, 0) is 12.5 Å². The summed E-state index contributed by atoms with van der Waals surface area (Å²) >= 11 is 0. The van der Waals surface area contributed by atoms with E-state index in [0.29, 0.717) is 0 Å². The van der Waals surface area contributed by atoms with E-state index in [0.717, 1.165) is 5.56 Å². The number of rotatable bonds is 7. The highest BCUT2D eigenvalue weighted by Gasteiger charge is 2.24. The lowest BCUT2D eigenvalue weighted by Crippen LogP contribution is -2.52. The van der Waals surface area contributed by atoms with Crippen molar-refractivity contribution in [1.82, 2.24) is 10.6 Å². The molecule has 0 unspecified atom stereocenters. The number of carbonyl (C=O) groups excluding carboxylic acids is 3. The first kappa shape index (κ1) is 18.4. The average Bonchev–Trinajstić information content (AvgIpc) is 2.57. The quantitative estimate of drug-likeness (QED) is 0.606. The third-order valence-corrected chi connectivity index (χ3v) is 2.92. The van der Waals surface area contributed by atoms with Gasteiger partial charge in [-0.1, -0.05) is 30.3 Å². The zero-order chi connectivity index (χ0) is 17.2. The third kappa shape index (κ3) is 6.35. The summed E-state index contributed by atoms with van der Waals surface area (Å²) in [4.78, 5) is 34.7. The molecule has 0 radical (unpaired) electrons. The first-order valence-corrected chi connectivity index (χ1v) is 6.94. The SMILES string of the molecule is COC(=O)[C@H](C)NC(=O)[C@H](CO)NC(=O)OCc1ccccc1. The smallest absolute Gasteiger partial charge is 0.408 e. The lowest BCUT2D eigenvalue weighted by molar-refractivity contribution is -0.144. The Hall–Kier alpha value is -2.61. The van der Waals surface area contributed by atoms with Crippen molar-refractivity contribution >= 4 is 18.0 Å². The molecule has 1 aromatic carbocycles. The van der Waals surface area contributed by atoms with Crippen LogP contribution in [0.15, 0.2) is 30.3 Å². The molecule has 23 heavy (non-hydrogen) atoms. The predicted octanol–water partition coefficient (Wildman–Crippen LogP) is -0.0486. The summed E-state index contributed by atoms with van der Waals surface area (Å²) in [6.45, 7) is 0.817. The molecule has 1 rings (SSSR count). The minimum atomic E-state index is -1.23. The van der Waals surface area contributed by atoms with Gasteiger partial charge >= 0.3 is 12.1 Å². The van der Waals surface area contributed by atoms with Gasteiger partial charge in [0.05, 0.1) is 13.7 Å². The second-order valence-electron chi connectivity index (χ2n) is 4.69. The van der Waals surface area contributed by atoms with E-state index in [1.54, 1.807) is 24.3 Å². The van der Waals surface area contributed by atoms with Gasteiger partial charge in [0.1, 0.15) is 18.7 Å². The van der Waals surface area contributed by atoms with Crippen LogP contribution in [0.2, 0.25) is 0 Å². The summed E-state index contributed by atoms with van der Waals surface area (Å²) in [6, 6.07) is 6.86. The molecule has 0 saturated carbocycles. The number of aliphatic hydroxyl groups is 1. The molecular formula is C15H20N2O6. The van der Waals surface area contributed by atoms with Gasteiger partial charge in [0.25, 0.3) is 0 Å². The van der Waals surface area contributed by atoms with Crippen LogP contribution in [0, 0.1) is 0 Å². The van der Waals surface area contributed by atoms with Crippen molar-refractivity contribution in [2.75, 3.05) is 13.7 Å². The van der Waals surface area contributed by atoms with Crippen molar-refractivity contribution < 1.29 is 29.0 Å². The molecule has 1 aromatic rings. The standard InChI is InChI=1S/C15H20N2O6/c1-10(14(20)22-2)16-13(19)12(8-18)17-15(21)23-9-11-6-4-3-5-7-11/h3-7,10,12,18H,8-9H2,1-2H3,(H,16,19)(H,17,21)/t10-,12-/m0/s1. The van der Waals surface area contributed by atoms with E-state index < -0.39 is 36.7 Å². The number of carbonyl (C=O) groups is 3. The summed E-state index contributed by atoms with van der Waals surface area (Å²) in [7, 11) is 1.19. The van der Waals surface area contributed by atoms with E-state index >= 15 is 0 Å². The Labute approximate surface area is 133 Å². The molecule has 8 heteroatoms. The van der Waals surface area contributed by atoms with Crippen molar-refractivity contribution in [3.8, 4) is 0 Å². The summed E-state index contributed by atoms with van der Waals surface area (Å²) < 4.78 is 9.42. The molecule has 0 heterocycles. The Bertz CT molecular complexity index is 534. The Morgan fingerprint density at radius 3 is 2.39 bits per heavy atom. The van der Waals surface area contributed by atoms with E-state index in [2.05, 4.69) is 15.4 Å². The topological polar surface area (TPSA) is 114 Å². The summed E-state index contributed by atoms with van der Waals surface area (Å²) in [5.74, 6) is -1.36. The van der Waals surface area contributed by atoms with Crippen LogP contribution < -0.4 is 10.6 Å². The number of amides is 2. The maximum absolute atomic E-state index is 11.9. The van der Waals surface area contributed by atoms with Gasteiger partial charge < -0.3 is 25.2 Å². The first-order valence-electron chi connectivity index (χ1n) is 6.94.